The van der Waals surface area contributed by atoms with Crippen LogP contribution in [-0.4, -0.2) is 96.3 Å². The van der Waals surface area contributed by atoms with E-state index in [1.54, 1.807) is 63.7 Å². The maximum absolute atomic E-state index is 13.6. The van der Waals surface area contributed by atoms with Crippen molar-refractivity contribution in [3.05, 3.63) is 160 Å². The molecule has 11 rings (SSSR count). The third-order valence-corrected chi connectivity index (χ3v) is 12.4. The molecule has 0 spiro atoms. The van der Waals surface area contributed by atoms with Gasteiger partial charge in [0.15, 0.2) is 11.6 Å². The van der Waals surface area contributed by atoms with Gasteiger partial charge >= 0.3 is 0 Å². The van der Waals surface area contributed by atoms with Gasteiger partial charge in [0.25, 0.3) is 11.8 Å². The molecule has 18 heteroatoms. The van der Waals surface area contributed by atoms with Crippen molar-refractivity contribution in [2.45, 2.75) is 51.9 Å². The highest BCUT2D eigenvalue weighted by Gasteiger charge is 2.46. The predicted octanol–water partition coefficient (Wildman–Crippen LogP) is 9.42. The lowest BCUT2D eigenvalue weighted by molar-refractivity contribution is 0.0858. The van der Waals surface area contributed by atoms with Gasteiger partial charge in [0, 0.05) is 42.3 Å². The molecular weight excluding hydrogens is 900 g/mol. The number of amides is 2. The first-order valence-corrected chi connectivity index (χ1v) is 22.7. The number of pyridine rings is 1. The molecule has 0 bridgehead atoms. The number of rotatable bonds is 9. The molecule has 4 aromatic carbocycles. The van der Waals surface area contributed by atoms with E-state index in [0.717, 1.165) is 22.4 Å². The molecule has 0 aliphatic carbocycles. The van der Waals surface area contributed by atoms with E-state index in [1.165, 1.54) is 24.3 Å². The Bertz CT molecular complexity index is 3170. The van der Waals surface area contributed by atoms with E-state index in [-0.39, 0.29) is 34.5 Å². The van der Waals surface area contributed by atoms with Gasteiger partial charge in [-0.15, -0.1) is 0 Å². The molecule has 0 fully saturated rings. The molecule has 15 nitrogen and oxygen atoms in total. The van der Waals surface area contributed by atoms with Crippen molar-refractivity contribution in [1.82, 2.24) is 34.3 Å². The lowest BCUT2D eigenvalue weighted by Gasteiger charge is -2.30. The van der Waals surface area contributed by atoms with Gasteiger partial charge in [0.2, 0.25) is 11.9 Å². The summed E-state index contributed by atoms with van der Waals surface area (Å²) in [6.07, 6.45) is 1.77. The molecule has 4 aliphatic heterocycles. The molecule has 2 N–H and O–H groups in total. The second kappa shape index (κ2) is 17.3. The number of hydrogen-bond donors (Lipinski definition) is 2. The lowest BCUT2D eigenvalue weighted by Crippen LogP contribution is -2.48. The molecule has 0 radical (unpaired) electrons. The Morgan fingerprint density at radius 1 is 0.594 bits per heavy atom. The van der Waals surface area contributed by atoms with Crippen molar-refractivity contribution in [2.24, 2.45) is 9.98 Å². The van der Waals surface area contributed by atoms with Gasteiger partial charge in [-0.25, -0.2) is 28.1 Å². The second-order valence-corrected chi connectivity index (χ2v) is 19.0. The van der Waals surface area contributed by atoms with Crippen LogP contribution in [0.1, 0.15) is 59.5 Å². The zero-order chi connectivity index (χ0) is 48.4. The number of benzene rings is 4. The molecule has 69 heavy (non-hydrogen) atoms. The summed E-state index contributed by atoms with van der Waals surface area (Å²) in [6.45, 7) is 10.2. The molecule has 0 saturated heterocycles. The van der Waals surface area contributed by atoms with Crippen LogP contribution in [0.3, 0.4) is 0 Å². The van der Waals surface area contributed by atoms with Crippen LogP contribution in [0.2, 0.25) is 5.02 Å². The Balaban J connectivity index is 0.000000162. The topological polar surface area (TPSA) is 144 Å². The van der Waals surface area contributed by atoms with E-state index in [0.29, 0.717) is 88.9 Å². The first-order valence-electron chi connectivity index (χ1n) is 22.3. The molecule has 0 saturated carbocycles. The largest absolute Gasteiger partial charge is 0.340 e. The van der Waals surface area contributed by atoms with Crippen LogP contribution in [0.4, 0.5) is 43.4 Å². The molecule has 350 valence electrons. The molecule has 7 aromatic rings. The smallest absolute Gasteiger partial charge is 0.267 e. The maximum Gasteiger partial charge on any atom is 0.267 e. The van der Waals surface area contributed by atoms with E-state index in [4.69, 9.17) is 31.8 Å². The summed E-state index contributed by atoms with van der Waals surface area (Å²) in [7, 11) is 3.45. The molecular formula is C51H48ClF2N13O2. The summed E-state index contributed by atoms with van der Waals surface area (Å²) in [4.78, 5) is 47.9. The first-order chi connectivity index (χ1) is 33.0. The number of nitrogens with one attached hydrogen (secondary N) is 2. The minimum Gasteiger partial charge on any atom is -0.340 e. The quantitative estimate of drug-likeness (QED) is 0.145. The number of aliphatic imine (C=N–C) groups is 2. The monoisotopic (exact) mass is 947 g/mol. The molecule has 0 unspecified atom stereocenters. The van der Waals surface area contributed by atoms with Gasteiger partial charge < -0.3 is 10.6 Å². The first kappa shape index (κ1) is 44.9. The Kier molecular flexibility index (Phi) is 11.3. The average Bonchev–Trinajstić information content (AvgIpc) is 4.07. The van der Waals surface area contributed by atoms with E-state index in [1.807, 2.05) is 104 Å². The van der Waals surface area contributed by atoms with Gasteiger partial charge in [-0.1, -0.05) is 54.1 Å². The van der Waals surface area contributed by atoms with Crippen molar-refractivity contribution >= 4 is 70.0 Å². The summed E-state index contributed by atoms with van der Waals surface area (Å²) in [5, 5.41) is 17.0. The van der Waals surface area contributed by atoms with E-state index in [2.05, 4.69) is 15.6 Å². The van der Waals surface area contributed by atoms with Crippen LogP contribution in [0.15, 0.2) is 131 Å². The summed E-state index contributed by atoms with van der Waals surface area (Å²) < 4.78 is 30.6. The summed E-state index contributed by atoms with van der Waals surface area (Å²) >= 11 is 6.04. The zero-order valence-electron chi connectivity index (χ0n) is 38.7. The fourth-order valence-corrected chi connectivity index (χ4v) is 8.89. The van der Waals surface area contributed by atoms with Crippen LogP contribution < -0.4 is 20.4 Å². The third-order valence-electron chi connectivity index (χ3n) is 12.1. The SMILES string of the molecule is CN1C(=O)c2c(nn(Cc3ccc(-c4ccccn4)cc3)c2Nc2ccc(F)cc2)N2CC(C)(C)N=C12.CN1C(=O)c2c(nn(Cc3ccc(Cl)cc3)c2Nc2ccc(F)cc2)N2CC(C)(C)N=C12. The predicted molar refractivity (Wildman–Crippen MR) is 265 cm³/mol. The normalized spacial score (nSPS) is 16.2. The summed E-state index contributed by atoms with van der Waals surface area (Å²) in [5.74, 6) is 2.38. The Labute approximate surface area is 402 Å². The van der Waals surface area contributed by atoms with Gasteiger partial charge in [-0.2, -0.15) is 10.2 Å². The number of aromatic nitrogens is 5. The Morgan fingerprint density at radius 3 is 1.45 bits per heavy atom. The lowest BCUT2D eigenvalue weighted by atomic mass is 10.1. The number of carbonyl (C=O) groups is 2. The van der Waals surface area contributed by atoms with Crippen molar-refractivity contribution in [1.29, 1.82) is 0 Å². The molecule has 0 atom stereocenters. The fraction of sp³-hybridized carbons (Fsp3) is 0.235. The Morgan fingerprint density at radius 2 is 1.03 bits per heavy atom. The van der Waals surface area contributed by atoms with Crippen molar-refractivity contribution in [2.75, 3.05) is 47.6 Å². The molecule has 3 aromatic heterocycles. The highest BCUT2D eigenvalue weighted by molar-refractivity contribution is 6.30. The average molecular weight is 948 g/mol. The highest BCUT2D eigenvalue weighted by atomic mass is 35.5. The second-order valence-electron chi connectivity index (χ2n) is 18.6. The van der Waals surface area contributed by atoms with Gasteiger partial charge in [-0.3, -0.25) is 34.2 Å². The van der Waals surface area contributed by atoms with Crippen LogP contribution in [-0.2, 0) is 13.1 Å². The van der Waals surface area contributed by atoms with Gasteiger partial charge in [0.1, 0.15) is 34.4 Å². The van der Waals surface area contributed by atoms with E-state index >= 15 is 0 Å². The van der Waals surface area contributed by atoms with E-state index < -0.39 is 0 Å². The summed E-state index contributed by atoms with van der Waals surface area (Å²) in [5.41, 5.74) is 5.47. The minimum absolute atomic E-state index is 0.191. The van der Waals surface area contributed by atoms with Crippen LogP contribution >= 0.6 is 11.6 Å². The molecule has 2 amide bonds. The Hall–Kier alpha value is -7.92. The van der Waals surface area contributed by atoms with Crippen molar-refractivity contribution in [3.8, 4) is 11.3 Å². The third kappa shape index (κ3) is 8.76. The number of hydrogen-bond acceptors (Lipinski definition) is 11. The minimum atomic E-state index is -0.346. The molecule has 7 heterocycles. The number of carbonyl (C=O) groups excluding carboxylic acids is 2. The van der Waals surface area contributed by atoms with Crippen molar-refractivity contribution < 1.29 is 18.4 Å². The standard InChI is InChI=1S/C28H26FN7O.C23H22ClFN6O/c1-28(2)17-35-25-23(26(37)34(3)27(35)32-28)24(31-21-13-11-20(29)12-14-21)36(33-25)16-18-7-9-19(10-8-18)22-6-4-5-15-30-22;1-23(2)13-30-20-18(21(32)29(3)22(30)27-23)19(26-17-10-8-16(25)9-11-17)31(28-20)12-14-4-6-15(24)7-5-14/h4-15,31H,16-17H2,1-3H3;4-11,26H,12-13H2,1-3H3. The number of anilines is 6. The number of halogens is 3. The van der Waals surface area contributed by atoms with Crippen LogP contribution in [0.5, 0.6) is 0 Å². The fourth-order valence-electron chi connectivity index (χ4n) is 8.76. The maximum atomic E-state index is 13.6. The van der Waals surface area contributed by atoms with Gasteiger partial charge in [0.05, 0.1) is 43.0 Å². The zero-order valence-corrected chi connectivity index (χ0v) is 39.5. The van der Waals surface area contributed by atoms with Crippen LogP contribution in [0, 0.1) is 11.6 Å². The van der Waals surface area contributed by atoms with Gasteiger partial charge in [-0.05, 0) is 112 Å². The number of guanidine groups is 2. The summed E-state index contributed by atoms with van der Waals surface area (Å²) in [6, 6.07) is 33.5. The van der Waals surface area contributed by atoms with E-state index in [9.17, 15) is 18.4 Å². The van der Waals surface area contributed by atoms with Crippen LogP contribution in [0.25, 0.3) is 11.3 Å². The number of nitrogens with zero attached hydrogens (tertiary/aromatic N) is 11. The number of fused-ring (bicyclic) bond motifs is 6. The molecule has 4 aliphatic rings. The highest BCUT2D eigenvalue weighted by Crippen LogP contribution is 2.41. The van der Waals surface area contributed by atoms with Crippen molar-refractivity contribution in [3.63, 3.8) is 0 Å².